The largest absolute Gasteiger partial charge is 0.497 e. The van der Waals surface area contributed by atoms with Crippen LogP contribution in [0.15, 0.2) is 24.4 Å². The first kappa shape index (κ1) is 18.6. The lowest BCUT2D eigenvalue weighted by molar-refractivity contribution is -0.182. The maximum atomic E-state index is 12.9. The quantitative estimate of drug-likeness (QED) is 0.868. The fourth-order valence-electron chi connectivity index (χ4n) is 3.67. The Kier molecular flexibility index (Phi) is 4.68. The van der Waals surface area contributed by atoms with Crippen molar-refractivity contribution >= 4 is 5.91 Å². The van der Waals surface area contributed by atoms with E-state index in [1.807, 2.05) is 18.2 Å². The molecular formula is C19H20F3N3O3. The lowest BCUT2D eigenvalue weighted by atomic mass is 9.99. The highest BCUT2D eigenvalue weighted by Gasteiger charge is 2.41. The molecule has 0 fully saturated rings. The fourth-order valence-corrected chi connectivity index (χ4v) is 3.67. The van der Waals surface area contributed by atoms with E-state index in [9.17, 15) is 18.0 Å². The number of alkyl halides is 3. The first-order valence-corrected chi connectivity index (χ1v) is 9.07. The molecule has 1 aromatic heterocycles. The number of ether oxygens (including phenoxy) is 2. The molecule has 0 spiro atoms. The number of nitrogens with one attached hydrogen (secondary N) is 1. The number of hydrogen-bond donors (Lipinski definition) is 1. The third-order valence-electron chi connectivity index (χ3n) is 5.20. The number of carbonyl (C=O) groups excluding carboxylic acids is 1. The minimum absolute atomic E-state index is 0.00332. The zero-order valence-electron chi connectivity index (χ0n) is 15.3. The van der Waals surface area contributed by atoms with Gasteiger partial charge in [0, 0.05) is 19.2 Å². The number of imidazole rings is 1. The van der Waals surface area contributed by atoms with Crippen LogP contribution in [0.1, 0.15) is 28.3 Å². The number of hydrogen-bond acceptors (Lipinski definition) is 4. The average Bonchev–Trinajstić information content (AvgIpc) is 3.10. The van der Waals surface area contributed by atoms with Gasteiger partial charge in [0.05, 0.1) is 19.1 Å². The van der Waals surface area contributed by atoms with Crippen molar-refractivity contribution < 1.29 is 27.4 Å². The number of aromatic nitrogens is 2. The van der Waals surface area contributed by atoms with E-state index < -0.39 is 18.0 Å². The second-order valence-electron chi connectivity index (χ2n) is 7.13. The zero-order valence-corrected chi connectivity index (χ0v) is 15.3. The van der Waals surface area contributed by atoms with Gasteiger partial charge in [-0.2, -0.15) is 13.2 Å². The summed E-state index contributed by atoms with van der Waals surface area (Å²) in [6.45, 7) is 0.119. The molecule has 9 heteroatoms. The first-order chi connectivity index (χ1) is 13.3. The summed E-state index contributed by atoms with van der Waals surface area (Å²) in [6.07, 6.45) is -2.06. The SMILES string of the molecule is COc1ccc2c(c1)C[C@@H](NC(=O)c1cn3c(n1)CCC(C(F)(F)F)C3)CO2. The number of aryl methyl sites for hydroxylation is 1. The van der Waals surface area contributed by atoms with Gasteiger partial charge in [-0.05, 0) is 36.6 Å². The Labute approximate surface area is 159 Å². The van der Waals surface area contributed by atoms with Gasteiger partial charge in [-0.1, -0.05) is 0 Å². The molecule has 1 aromatic carbocycles. The van der Waals surface area contributed by atoms with Crippen molar-refractivity contribution in [2.45, 2.75) is 38.0 Å². The van der Waals surface area contributed by atoms with Gasteiger partial charge < -0.3 is 19.4 Å². The van der Waals surface area contributed by atoms with E-state index in [-0.39, 0.29) is 31.1 Å². The number of methoxy groups -OCH3 is 1. The highest BCUT2D eigenvalue weighted by molar-refractivity contribution is 5.92. The summed E-state index contributed by atoms with van der Waals surface area (Å²) in [4.78, 5) is 16.8. The van der Waals surface area contributed by atoms with Crippen molar-refractivity contribution in [1.82, 2.24) is 14.9 Å². The molecule has 4 rings (SSSR count). The number of carbonyl (C=O) groups is 1. The molecule has 0 saturated carbocycles. The number of fused-ring (bicyclic) bond motifs is 2. The molecule has 2 atom stereocenters. The molecule has 0 bridgehead atoms. The maximum Gasteiger partial charge on any atom is 0.393 e. The fraction of sp³-hybridized carbons (Fsp3) is 0.474. The minimum Gasteiger partial charge on any atom is -0.497 e. The Morgan fingerprint density at radius 1 is 1.39 bits per heavy atom. The Morgan fingerprint density at radius 2 is 2.21 bits per heavy atom. The Morgan fingerprint density at radius 3 is 2.96 bits per heavy atom. The van der Waals surface area contributed by atoms with Crippen LogP contribution in [0.5, 0.6) is 11.5 Å². The zero-order chi connectivity index (χ0) is 19.9. The molecule has 1 amide bonds. The molecular weight excluding hydrogens is 375 g/mol. The van der Waals surface area contributed by atoms with Crippen molar-refractivity contribution in [3.63, 3.8) is 0 Å². The molecule has 2 aromatic rings. The van der Waals surface area contributed by atoms with Gasteiger partial charge in [0.25, 0.3) is 5.91 Å². The van der Waals surface area contributed by atoms with Crippen molar-refractivity contribution in [3.8, 4) is 11.5 Å². The Hall–Kier alpha value is -2.71. The number of amides is 1. The van der Waals surface area contributed by atoms with Gasteiger partial charge in [0.1, 0.15) is 29.6 Å². The van der Waals surface area contributed by atoms with E-state index in [0.29, 0.717) is 24.6 Å². The number of nitrogens with zero attached hydrogens (tertiary/aromatic N) is 2. The number of halogens is 3. The standard InChI is InChI=1S/C19H20F3N3O3/c1-27-14-3-4-16-11(7-14)6-13(10-28-16)23-18(26)15-9-25-8-12(19(20,21)22)2-5-17(25)24-15/h3-4,7,9,12-13H,2,5-6,8,10H2,1H3,(H,23,26)/t12?,13-/m1/s1. The van der Waals surface area contributed by atoms with Crippen LogP contribution in [0.25, 0.3) is 0 Å². The Bertz CT molecular complexity index is 894. The van der Waals surface area contributed by atoms with Crippen LogP contribution in [0.2, 0.25) is 0 Å². The first-order valence-electron chi connectivity index (χ1n) is 9.07. The molecule has 150 valence electrons. The molecule has 3 heterocycles. The second-order valence-corrected chi connectivity index (χ2v) is 7.13. The highest BCUT2D eigenvalue weighted by atomic mass is 19.4. The van der Waals surface area contributed by atoms with E-state index in [4.69, 9.17) is 9.47 Å². The lowest BCUT2D eigenvalue weighted by Crippen LogP contribution is -2.42. The van der Waals surface area contributed by atoms with Gasteiger partial charge in [-0.3, -0.25) is 4.79 Å². The normalized spacial score (nSPS) is 21.3. The van der Waals surface area contributed by atoms with Crippen molar-refractivity contribution in [2.24, 2.45) is 5.92 Å². The van der Waals surface area contributed by atoms with Crippen molar-refractivity contribution in [3.05, 3.63) is 41.5 Å². The summed E-state index contributed by atoms with van der Waals surface area (Å²) >= 11 is 0. The minimum atomic E-state index is -4.24. The van der Waals surface area contributed by atoms with E-state index in [0.717, 1.165) is 11.3 Å². The van der Waals surface area contributed by atoms with Crippen LogP contribution in [0.3, 0.4) is 0 Å². The molecule has 0 saturated heterocycles. The molecule has 1 N–H and O–H groups in total. The summed E-state index contributed by atoms with van der Waals surface area (Å²) in [5, 5.41) is 2.86. The van der Waals surface area contributed by atoms with E-state index >= 15 is 0 Å². The molecule has 1 unspecified atom stereocenters. The van der Waals surface area contributed by atoms with Gasteiger partial charge >= 0.3 is 6.18 Å². The van der Waals surface area contributed by atoms with Gasteiger partial charge in [-0.25, -0.2) is 4.98 Å². The Balaban J connectivity index is 1.43. The summed E-state index contributed by atoms with van der Waals surface area (Å²) in [6, 6.07) is 5.24. The van der Waals surface area contributed by atoms with Crippen LogP contribution >= 0.6 is 0 Å². The average molecular weight is 395 g/mol. The summed E-state index contributed by atoms with van der Waals surface area (Å²) < 4.78 is 51.2. The number of rotatable bonds is 3. The number of benzene rings is 1. The van der Waals surface area contributed by atoms with Crippen LogP contribution in [-0.2, 0) is 19.4 Å². The highest BCUT2D eigenvalue weighted by Crippen LogP contribution is 2.34. The van der Waals surface area contributed by atoms with Crippen LogP contribution in [0.4, 0.5) is 13.2 Å². The predicted octanol–water partition coefficient (Wildman–Crippen LogP) is 2.75. The van der Waals surface area contributed by atoms with Gasteiger partial charge in [-0.15, -0.1) is 0 Å². The molecule has 2 aliphatic heterocycles. The topological polar surface area (TPSA) is 65.4 Å². The monoisotopic (exact) mass is 395 g/mol. The molecule has 0 radical (unpaired) electrons. The van der Waals surface area contributed by atoms with Crippen LogP contribution in [-0.4, -0.2) is 41.4 Å². The summed E-state index contributed by atoms with van der Waals surface area (Å²) in [7, 11) is 1.58. The van der Waals surface area contributed by atoms with Crippen LogP contribution in [0, 0.1) is 5.92 Å². The second kappa shape index (κ2) is 7.03. The van der Waals surface area contributed by atoms with E-state index in [1.54, 1.807) is 7.11 Å². The third-order valence-corrected chi connectivity index (χ3v) is 5.20. The van der Waals surface area contributed by atoms with Gasteiger partial charge in [0.15, 0.2) is 0 Å². The van der Waals surface area contributed by atoms with Crippen molar-refractivity contribution in [1.29, 1.82) is 0 Å². The maximum absolute atomic E-state index is 12.9. The lowest BCUT2D eigenvalue weighted by Gasteiger charge is -2.26. The smallest absolute Gasteiger partial charge is 0.393 e. The molecule has 2 aliphatic rings. The summed E-state index contributed by atoms with van der Waals surface area (Å²) in [5.74, 6) is 0.159. The van der Waals surface area contributed by atoms with Crippen molar-refractivity contribution in [2.75, 3.05) is 13.7 Å². The predicted molar refractivity (Wildman–Crippen MR) is 93.5 cm³/mol. The molecule has 0 aliphatic carbocycles. The van der Waals surface area contributed by atoms with Crippen LogP contribution < -0.4 is 14.8 Å². The third kappa shape index (κ3) is 3.65. The molecule has 6 nitrogen and oxygen atoms in total. The van der Waals surface area contributed by atoms with E-state index in [2.05, 4.69) is 10.3 Å². The molecule has 28 heavy (non-hydrogen) atoms. The van der Waals surface area contributed by atoms with Gasteiger partial charge in [0.2, 0.25) is 0 Å². The van der Waals surface area contributed by atoms with E-state index in [1.165, 1.54) is 10.8 Å². The summed E-state index contributed by atoms with van der Waals surface area (Å²) in [5.41, 5.74) is 1.06.